The lowest BCUT2D eigenvalue weighted by Gasteiger charge is -2.19. The van der Waals surface area contributed by atoms with Crippen LogP contribution in [-0.2, 0) is 0 Å². The van der Waals surface area contributed by atoms with Crippen molar-refractivity contribution in [3.8, 4) is 0 Å². The number of carbonyl (C=O) groups excluding carboxylic acids is 1. The summed E-state index contributed by atoms with van der Waals surface area (Å²) in [6.07, 6.45) is 18.8. The molecule has 0 saturated heterocycles. The third-order valence-electron chi connectivity index (χ3n) is 8.01. The van der Waals surface area contributed by atoms with Gasteiger partial charge in [0.2, 0.25) is 0 Å². The lowest BCUT2D eigenvalue weighted by molar-refractivity contribution is 0.102. The zero-order valence-electron chi connectivity index (χ0n) is 26.3. The number of hydrogen-bond donors (Lipinski definition) is 2. The molecule has 4 nitrogen and oxygen atoms in total. The van der Waals surface area contributed by atoms with Crippen LogP contribution in [0.3, 0.4) is 0 Å². The molecule has 0 spiro atoms. The second kappa shape index (κ2) is 18.0. The highest BCUT2D eigenvalue weighted by atomic mass is 32.1. The molecule has 1 atom stereocenters. The molecular weight excluding hydrogens is 522 g/mol. The van der Waals surface area contributed by atoms with Crippen molar-refractivity contribution in [2.75, 3.05) is 10.6 Å². The summed E-state index contributed by atoms with van der Waals surface area (Å²) in [4.78, 5) is 18.7. The van der Waals surface area contributed by atoms with E-state index in [1.165, 1.54) is 106 Å². The largest absolute Gasteiger partial charge is 0.355 e. The molecule has 1 aromatic heterocycles. The molecule has 41 heavy (non-hydrogen) atoms. The molecule has 0 saturated carbocycles. The quantitative estimate of drug-likeness (QED) is 0.140. The molecular formula is C36H53N3OS. The van der Waals surface area contributed by atoms with Crippen molar-refractivity contribution < 1.29 is 4.79 Å². The maximum absolute atomic E-state index is 13.2. The Morgan fingerprint density at radius 1 is 0.780 bits per heavy atom. The molecule has 2 N–H and O–H groups in total. The van der Waals surface area contributed by atoms with Crippen LogP contribution in [0.5, 0.6) is 0 Å². The predicted molar refractivity (Wildman–Crippen MR) is 179 cm³/mol. The van der Waals surface area contributed by atoms with Crippen molar-refractivity contribution in [3.63, 3.8) is 0 Å². The highest BCUT2D eigenvalue weighted by molar-refractivity contribution is 7.17. The number of thiazole rings is 1. The fourth-order valence-corrected chi connectivity index (χ4v) is 6.65. The fraction of sp³-hybridized carbons (Fsp3) is 0.556. The molecule has 5 heteroatoms. The van der Waals surface area contributed by atoms with E-state index < -0.39 is 0 Å². The first kappa shape index (κ1) is 32.8. The van der Waals surface area contributed by atoms with Gasteiger partial charge in [-0.1, -0.05) is 150 Å². The third-order valence-corrected chi connectivity index (χ3v) is 9.10. The molecule has 3 rings (SSSR count). The minimum absolute atomic E-state index is 0.0872. The van der Waals surface area contributed by atoms with E-state index in [9.17, 15) is 4.79 Å². The molecule has 0 radical (unpaired) electrons. The van der Waals surface area contributed by atoms with Crippen LogP contribution in [-0.4, -0.2) is 10.9 Å². The zero-order valence-corrected chi connectivity index (χ0v) is 27.1. The number of amides is 1. The maximum atomic E-state index is 13.2. The van der Waals surface area contributed by atoms with E-state index in [0.717, 1.165) is 34.1 Å². The number of carbonyl (C=O) groups is 1. The van der Waals surface area contributed by atoms with Gasteiger partial charge in [0, 0.05) is 5.69 Å². The average Bonchev–Trinajstić information content (AvgIpc) is 3.32. The first-order valence-corrected chi connectivity index (χ1v) is 16.9. The first-order valence-electron chi connectivity index (χ1n) is 16.1. The molecule has 0 aliphatic rings. The second-order valence-corrected chi connectivity index (χ2v) is 12.8. The molecule has 1 unspecified atom stereocenters. The number of hydrogen-bond acceptors (Lipinski definition) is 4. The minimum atomic E-state index is -0.0872. The van der Waals surface area contributed by atoms with Crippen LogP contribution < -0.4 is 10.6 Å². The van der Waals surface area contributed by atoms with Gasteiger partial charge in [-0.25, -0.2) is 4.98 Å². The predicted octanol–water partition coefficient (Wildman–Crippen LogP) is 11.3. The van der Waals surface area contributed by atoms with Gasteiger partial charge in [0.05, 0.1) is 11.7 Å². The summed E-state index contributed by atoms with van der Waals surface area (Å²) in [6, 6.07) is 15.1. The molecule has 224 valence electrons. The van der Waals surface area contributed by atoms with Crippen molar-refractivity contribution in [1.82, 2.24) is 4.98 Å². The summed E-state index contributed by atoms with van der Waals surface area (Å²) in [6.45, 7) is 10.4. The minimum Gasteiger partial charge on any atom is -0.355 e. The Kier molecular flexibility index (Phi) is 14.4. The highest BCUT2D eigenvalue weighted by Crippen LogP contribution is 2.31. The van der Waals surface area contributed by atoms with Gasteiger partial charge < -0.3 is 10.6 Å². The van der Waals surface area contributed by atoms with Crippen molar-refractivity contribution in [2.24, 2.45) is 0 Å². The van der Waals surface area contributed by atoms with E-state index in [-0.39, 0.29) is 11.9 Å². The normalized spacial score (nSPS) is 11.9. The van der Waals surface area contributed by atoms with E-state index >= 15 is 0 Å². The fourth-order valence-electron chi connectivity index (χ4n) is 5.74. The Bertz CT molecular complexity index is 1160. The number of rotatable bonds is 19. The molecule has 1 amide bonds. The summed E-state index contributed by atoms with van der Waals surface area (Å²) >= 11 is 1.45. The lowest BCUT2D eigenvalue weighted by Crippen LogP contribution is -2.13. The van der Waals surface area contributed by atoms with Gasteiger partial charge in [0.15, 0.2) is 5.13 Å². The van der Waals surface area contributed by atoms with Crippen LogP contribution in [0, 0.1) is 27.7 Å². The molecule has 1 heterocycles. The molecule has 3 aromatic rings. The van der Waals surface area contributed by atoms with Crippen LogP contribution in [0.4, 0.5) is 10.8 Å². The van der Waals surface area contributed by atoms with E-state index in [4.69, 9.17) is 4.98 Å². The van der Waals surface area contributed by atoms with Crippen LogP contribution in [0.1, 0.15) is 140 Å². The van der Waals surface area contributed by atoms with Crippen molar-refractivity contribution in [2.45, 2.75) is 131 Å². The third kappa shape index (κ3) is 11.3. The summed E-state index contributed by atoms with van der Waals surface area (Å²) in [5.41, 5.74) is 6.30. The van der Waals surface area contributed by atoms with Gasteiger partial charge in [-0.2, -0.15) is 0 Å². The SMILES string of the molecule is CCCCCCCCCCCCCCCC(Nc1nc(C)c(C(=O)Nc2c(C)cc(C)cc2C)s1)c1ccccc1. The average molecular weight is 576 g/mol. The van der Waals surface area contributed by atoms with Crippen LogP contribution in [0.15, 0.2) is 42.5 Å². The molecule has 0 aliphatic heterocycles. The maximum Gasteiger partial charge on any atom is 0.267 e. The standard InChI is InChI=1S/C36H53N3OS/c1-6-7-8-9-10-11-12-13-14-15-16-17-21-24-32(31-22-19-18-20-23-31)38-36-37-30(5)34(41-36)35(40)39-33-28(3)25-27(2)26-29(33)4/h18-20,22-23,25-26,32H,6-17,21,24H2,1-5H3,(H,37,38)(H,39,40). The molecule has 2 aromatic carbocycles. The number of nitrogens with one attached hydrogen (secondary N) is 2. The van der Waals surface area contributed by atoms with Crippen LogP contribution in [0.2, 0.25) is 0 Å². The van der Waals surface area contributed by atoms with E-state index in [0.29, 0.717) is 4.88 Å². The van der Waals surface area contributed by atoms with E-state index in [1.807, 2.05) is 20.8 Å². The Morgan fingerprint density at radius 3 is 1.88 bits per heavy atom. The van der Waals surface area contributed by atoms with Crippen LogP contribution >= 0.6 is 11.3 Å². The Labute approximate surface area is 253 Å². The van der Waals surface area contributed by atoms with Crippen molar-refractivity contribution in [3.05, 3.63) is 75.3 Å². The number of unbranched alkanes of at least 4 members (excludes halogenated alkanes) is 12. The summed E-state index contributed by atoms with van der Waals surface area (Å²) in [5.74, 6) is -0.0872. The van der Waals surface area contributed by atoms with Crippen LogP contribution in [0.25, 0.3) is 0 Å². The number of aromatic nitrogens is 1. The topological polar surface area (TPSA) is 54.0 Å². The van der Waals surface area contributed by atoms with Gasteiger partial charge in [-0.05, 0) is 50.8 Å². The van der Waals surface area contributed by atoms with Crippen molar-refractivity contribution >= 4 is 28.1 Å². The first-order chi connectivity index (χ1) is 19.9. The summed E-state index contributed by atoms with van der Waals surface area (Å²) in [7, 11) is 0. The highest BCUT2D eigenvalue weighted by Gasteiger charge is 2.20. The van der Waals surface area contributed by atoms with Crippen molar-refractivity contribution in [1.29, 1.82) is 0 Å². The summed E-state index contributed by atoms with van der Waals surface area (Å²) in [5, 5.41) is 7.63. The lowest BCUT2D eigenvalue weighted by atomic mass is 9.99. The summed E-state index contributed by atoms with van der Waals surface area (Å²) < 4.78 is 0. The molecule has 0 bridgehead atoms. The van der Waals surface area contributed by atoms with Gasteiger partial charge in [-0.15, -0.1) is 0 Å². The smallest absolute Gasteiger partial charge is 0.267 e. The monoisotopic (exact) mass is 575 g/mol. The number of benzene rings is 2. The van der Waals surface area contributed by atoms with Gasteiger partial charge in [0.25, 0.3) is 5.91 Å². The Hall–Kier alpha value is -2.66. The molecule has 0 aliphatic carbocycles. The Morgan fingerprint density at radius 2 is 1.32 bits per heavy atom. The Balaban J connectivity index is 1.48. The number of anilines is 2. The van der Waals surface area contributed by atoms with E-state index in [1.54, 1.807) is 0 Å². The van der Waals surface area contributed by atoms with Gasteiger partial charge >= 0.3 is 0 Å². The number of nitrogens with zero attached hydrogens (tertiary/aromatic N) is 1. The second-order valence-electron chi connectivity index (χ2n) is 11.8. The number of aryl methyl sites for hydroxylation is 4. The van der Waals surface area contributed by atoms with Gasteiger partial charge in [-0.3, -0.25) is 4.79 Å². The zero-order chi connectivity index (χ0) is 29.5. The molecule has 0 fully saturated rings. The van der Waals surface area contributed by atoms with Gasteiger partial charge in [0.1, 0.15) is 4.88 Å². The van der Waals surface area contributed by atoms with E-state index in [2.05, 4.69) is 66.9 Å².